The van der Waals surface area contributed by atoms with E-state index in [9.17, 15) is 0 Å². The van der Waals surface area contributed by atoms with Crippen LogP contribution in [0, 0.1) is 6.92 Å². The molecule has 0 unspecified atom stereocenters. The molecule has 2 aromatic rings. The second-order valence-corrected chi connectivity index (χ2v) is 6.07. The fraction of sp³-hybridized carbons (Fsp3) is 0.579. The molecule has 0 aliphatic heterocycles. The first-order chi connectivity index (χ1) is 12.2. The van der Waals surface area contributed by atoms with Gasteiger partial charge in [0.2, 0.25) is 0 Å². The quantitative estimate of drug-likeness (QED) is 0.240. The van der Waals surface area contributed by atoms with Gasteiger partial charge in [-0.1, -0.05) is 19.4 Å². The highest BCUT2D eigenvalue weighted by molar-refractivity contribution is 14.0. The number of ether oxygens (including phenoxy) is 1. The third-order valence-corrected chi connectivity index (χ3v) is 3.89. The number of halogens is 1. The smallest absolute Gasteiger partial charge is 0.191 e. The lowest BCUT2D eigenvalue weighted by atomic mass is 10.4. The van der Waals surface area contributed by atoms with Crippen LogP contribution in [0.15, 0.2) is 29.4 Å². The van der Waals surface area contributed by atoms with Crippen molar-refractivity contribution in [3.63, 3.8) is 0 Å². The van der Waals surface area contributed by atoms with Crippen LogP contribution >= 0.6 is 24.0 Å². The lowest BCUT2D eigenvalue weighted by Gasteiger charge is -2.11. The molecule has 0 spiro atoms. The van der Waals surface area contributed by atoms with Crippen LogP contribution in [0.3, 0.4) is 0 Å². The molecule has 2 N–H and O–H groups in total. The van der Waals surface area contributed by atoms with Crippen molar-refractivity contribution >= 4 is 35.6 Å². The molecule has 0 fully saturated rings. The summed E-state index contributed by atoms with van der Waals surface area (Å²) in [4.78, 5) is 9.26. The van der Waals surface area contributed by atoms with Gasteiger partial charge in [-0.25, -0.2) is 9.98 Å². The highest BCUT2D eigenvalue weighted by atomic mass is 127. The Kier molecular flexibility index (Phi) is 11.3. The first-order valence-electron chi connectivity index (χ1n) is 9.28. The minimum Gasteiger partial charge on any atom is -0.381 e. The van der Waals surface area contributed by atoms with E-state index in [1.54, 1.807) is 0 Å². The molecule has 6 nitrogen and oxygen atoms in total. The van der Waals surface area contributed by atoms with Gasteiger partial charge in [-0.05, 0) is 38.8 Å². The molecule has 0 aromatic carbocycles. The zero-order chi connectivity index (χ0) is 17.9. The number of rotatable bonds is 10. The van der Waals surface area contributed by atoms with Gasteiger partial charge in [0.1, 0.15) is 5.65 Å². The largest absolute Gasteiger partial charge is 0.381 e. The summed E-state index contributed by atoms with van der Waals surface area (Å²) >= 11 is 0. The van der Waals surface area contributed by atoms with E-state index in [1.807, 2.05) is 12.1 Å². The summed E-state index contributed by atoms with van der Waals surface area (Å²) in [5.74, 6) is 0.824. The molecule has 7 heteroatoms. The van der Waals surface area contributed by atoms with E-state index in [2.05, 4.69) is 58.0 Å². The molecule has 2 aromatic heterocycles. The van der Waals surface area contributed by atoms with Crippen LogP contribution in [0.2, 0.25) is 0 Å². The fourth-order valence-corrected chi connectivity index (χ4v) is 2.51. The molecule has 2 rings (SSSR count). The minimum absolute atomic E-state index is 0. The van der Waals surface area contributed by atoms with Crippen molar-refractivity contribution in [3.8, 4) is 0 Å². The average Bonchev–Trinajstić information content (AvgIpc) is 3.03. The van der Waals surface area contributed by atoms with E-state index < -0.39 is 0 Å². The Hall–Kier alpha value is -1.35. The van der Waals surface area contributed by atoms with Crippen LogP contribution in [0.1, 0.15) is 44.5 Å². The third kappa shape index (κ3) is 7.49. The number of aromatic nitrogens is 2. The highest BCUT2D eigenvalue weighted by Crippen LogP contribution is 2.09. The summed E-state index contributed by atoms with van der Waals surface area (Å²) < 4.78 is 7.67. The number of fused-ring (bicyclic) bond motifs is 1. The molecule has 0 aliphatic carbocycles. The van der Waals surface area contributed by atoms with Crippen molar-refractivity contribution in [1.82, 2.24) is 20.0 Å². The van der Waals surface area contributed by atoms with Crippen LogP contribution in [0.5, 0.6) is 0 Å². The number of aliphatic imine (C=N–C) groups is 1. The molecular formula is C19H32IN5O. The van der Waals surface area contributed by atoms with Crippen molar-refractivity contribution in [2.24, 2.45) is 4.99 Å². The van der Waals surface area contributed by atoms with Crippen LogP contribution in [0.4, 0.5) is 0 Å². The van der Waals surface area contributed by atoms with E-state index in [1.165, 1.54) is 12.1 Å². The van der Waals surface area contributed by atoms with Gasteiger partial charge in [-0.15, -0.1) is 24.0 Å². The second-order valence-electron chi connectivity index (χ2n) is 6.07. The summed E-state index contributed by atoms with van der Waals surface area (Å²) in [5, 5.41) is 6.62. The molecular weight excluding hydrogens is 441 g/mol. The molecule has 0 saturated carbocycles. The number of guanidine groups is 1. The van der Waals surface area contributed by atoms with E-state index in [-0.39, 0.29) is 24.0 Å². The van der Waals surface area contributed by atoms with E-state index >= 15 is 0 Å². The number of nitrogens with one attached hydrogen (secondary N) is 2. The number of unbranched alkanes of at least 4 members (excludes halogenated alkanes) is 1. The minimum atomic E-state index is 0. The molecule has 146 valence electrons. The number of hydrogen-bond donors (Lipinski definition) is 2. The van der Waals surface area contributed by atoms with Gasteiger partial charge in [0.15, 0.2) is 5.96 Å². The van der Waals surface area contributed by atoms with Crippen LogP contribution in [-0.2, 0) is 11.3 Å². The normalized spacial score (nSPS) is 11.4. The predicted molar refractivity (Wildman–Crippen MR) is 119 cm³/mol. The summed E-state index contributed by atoms with van der Waals surface area (Å²) in [5.41, 5.74) is 3.11. The van der Waals surface area contributed by atoms with Crippen LogP contribution in [0.25, 0.3) is 5.65 Å². The monoisotopic (exact) mass is 473 g/mol. The van der Waals surface area contributed by atoms with Crippen molar-refractivity contribution in [2.45, 2.75) is 46.6 Å². The standard InChI is InChI=1S/C19H31N5O.HI/c1-4-6-12-25-13-8-11-21-19(20-5-2)22-14-17-15-24-16(3)9-7-10-18(24)23-17;/h7,9-10,15H,4-6,8,11-14H2,1-3H3,(H2,20,21,22);1H. The maximum Gasteiger partial charge on any atom is 0.191 e. The van der Waals surface area contributed by atoms with Gasteiger partial charge < -0.3 is 19.8 Å². The molecule has 0 bridgehead atoms. The Morgan fingerprint density at radius 2 is 2.00 bits per heavy atom. The van der Waals surface area contributed by atoms with Crippen molar-refractivity contribution in [2.75, 3.05) is 26.3 Å². The Labute approximate surface area is 173 Å². The van der Waals surface area contributed by atoms with Gasteiger partial charge in [0.05, 0.1) is 12.2 Å². The first kappa shape index (κ1) is 22.7. The summed E-state index contributed by atoms with van der Waals surface area (Å²) in [6.45, 7) is 10.2. The highest BCUT2D eigenvalue weighted by Gasteiger charge is 2.03. The van der Waals surface area contributed by atoms with Crippen LogP contribution in [-0.4, -0.2) is 41.6 Å². The van der Waals surface area contributed by atoms with Gasteiger partial charge in [0, 0.05) is 38.2 Å². The number of nitrogens with zero attached hydrogens (tertiary/aromatic N) is 3. The lowest BCUT2D eigenvalue weighted by molar-refractivity contribution is 0.129. The second kappa shape index (κ2) is 12.9. The van der Waals surface area contributed by atoms with Crippen molar-refractivity contribution in [1.29, 1.82) is 0 Å². The van der Waals surface area contributed by atoms with E-state index in [0.29, 0.717) is 6.54 Å². The Morgan fingerprint density at radius 1 is 1.19 bits per heavy atom. The molecule has 26 heavy (non-hydrogen) atoms. The number of pyridine rings is 1. The van der Waals surface area contributed by atoms with Crippen molar-refractivity contribution < 1.29 is 4.74 Å². The number of aryl methyl sites for hydroxylation is 1. The Balaban J connectivity index is 0.00000338. The molecule has 0 radical (unpaired) electrons. The zero-order valence-electron chi connectivity index (χ0n) is 16.1. The SMILES string of the molecule is CCCCOCCCNC(=NCc1cn2c(C)cccc2n1)NCC.I. The molecule has 0 aliphatic rings. The molecule has 0 atom stereocenters. The zero-order valence-corrected chi connectivity index (χ0v) is 18.5. The predicted octanol–water partition coefficient (Wildman–Crippen LogP) is 3.52. The van der Waals surface area contributed by atoms with Gasteiger partial charge in [0.25, 0.3) is 0 Å². The first-order valence-corrected chi connectivity index (χ1v) is 9.28. The van der Waals surface area contributed by atoms with Gasteiger partial charge in [-0.2, -0.15) is 0 Å². The fourth-order valence-electron chi connectivity index (χ4n) is 2.51. The summed E-state index contributed by atoms with van der Waals surface area (Å²) in [6, 6.07) is 6.12. The number of imidazole rings is 1. The van der Waals surface area contributed by atoms with Crippen LogP contribution < -0.4 is 10.6 Å². The maximum atomic E-state index is 5.58. The van der Waals surface area contributed by atoms with Gasteiger partial charge in [-0.3, -0.25) is 0 Å². The van der Waals surface area contributed by atoms with E-state index in [4.69, 9.17) is 4.74 Å². The molecule has 0 saturated heterocycles. The summed E-state index contributed by atoms with van der Waals surface area (Å²) in [7, 11) is 0. The summed E-state index contributed by atoms with van der Waals surface area (Å²) in [6.07, 6.45) is 5.34. The van der Waals surface area contributed by atoms with E-state index in [0.717, 1.165) is 56.4 Å². The maximum absolute atomic E-state index is 5.58. The third-order valence-electron chi connectivity index (χ3n) is 3.89. The average molecular weight is 473 g/mol. The Bertz CT molecular complexity index is 671. The van der Waals surface area contributed by atoms with Crippen molar-refractivity contribution in [3.05, 3.63) is 35.8 Å². The Morgan fingerprint density at radius 3 is 2.73 bits per heavy atom. The number of hydrogen-bond acceptors (Lipinski definition) is 3. The van der Waals surface area contributed by atoms with Gasteiger partial charge >= 0.3 is 0 Å². The molecule has 0 amide bonds. The topological polar surface area (TPSA) is 63.0 Å². The lowest BCUT2D eigenvalue weighted by Crippen LogP contribution is -2.38. The molecule has 2 heterocycles.